The monoisotopic (exact) mass is 303 g/mol. The summed E-state index contributed by atoms with van der Waals surface area (Å²) in [5, 5.41) is 11.6. The van der Waals surface area contributed by atoms with E-state index in [0.717, 1.165) is 16.9 Å². The number of amides is 1. The Kier molecular flexibility index (Phi) is 3.81. The number of carbonyl (C=O) groups is 2. The van der Waals surface area contributed by atoms with Crippen molar-refractivity contribution in [3.8, 4) is 0 Å². The second-order valence-electron chi connectivity index (χ2n) is 5.32. The molecule has 0 radical (unpaired) electrons. The summed E-state index contributed by atoms with van der Waals surface area (Å²) in [5.74, 6) is -0.580. The third-order valence-electron chi connectivity index (χ3n) is 3.89. The van der Waals surface area contributed by atoms with Crippen molar-refractivity contribution in [2.24, 2.45) is 7.05 Å². The van der Waals surface area contributed by atoms with Gasteiger partial charge in [0.1, 0.15) is 11.9 Å². The number of nitrogens with one attached hydrogen (secondary N) is 1. The van der Waals surface area contributed by atoms with Crippen LogP contribution >= 0.6 is 0 Å². The van der Waals surface area contributed by atoms with Gasteiger partial charge in [0.25, 0.3) is 0 Å². The van der Waals surface area contributed by atoms with Gasteiger partial charge in [-0.05, 0) is 25.0 Å². The Labute approximate surface area is 126 Å². The molecule has 1 saturated heterocycles. The Morgan fingerprint density at radius 1 is 1.36 bits per heavy atom. The standard InChI is InChI=1S/C15H17N3O4/c1-18-10-5-3-2-4-9(10)17-13(18)8-16-14(19)11-6-7-12(22-11)15(20)21/h2-5,11-12H,6-8H2,1H3,(H,16,19)(H,20,21)/t11-,12+/m0/s1. The molecule has 3 rings (SSSR count). The van der Waals surface area contributed by atoms with Crippen molar-refractivity contribution in [2.45, 2.75) is 31.6 Å². The van der Waals surface area contributed by atoms with Crippen LogP contribution in [0, 0.1) is 0 Å². The molecule has 22 heavy (non-hydrogen) atoms. The SMILES string of the molecule is Cn1c(CNC(=O)[C@@H]2CC[C@H](C(=O)O)O2)nc2ccccc21. The van der Waals surface area contributed by atoms with Crippen LogP contribution in [0.2, 0.25) is 0 Å². The smallest absolute Gasteiger partial charge is 0.332 e. The van der Waals surface area contributed by atoms with E-state index in [1.807, 2.05) is 35.9 Å². The van der Waals surface area contributed by atoms with E-state index < -0.39 is 18.2 Å². The number of carboxylic acid groups (broad SMARTS) is 1. The Morgan fingerprint density at radius 3 is 2.77 bits per heavy atom. The molecule has 0 unspecified atom stereocenters. The van der Waals surface area contributed by atoms with Crippen LogP contribution in [0.5, 0.6) is 0 Å². The highest BCUT2D eigenvalue weighted by Gasteiger charge is 2.34. The number of carboxylic acids is 1. The number of ether oxygens (including phenoxy) is 1. The van der Waals surface area contributed by atoms with Crippen molar-refractivity contribution in [1.82, 2.24) is 14.9 Å². The lowest BCUT2D eigenvalue weighted by Gasteiger charge is -2.11. The van der Waals surface area contributed by atoms with Gasteiger partial charge in [-0.1, -0.05) is 12.1 Å². The topological polar surface area (TPSA) is 93.5 Å². The van der Waals surface area contributed by atoms with Crippen molar-refractivity contribution in [3.05, 3.63) is 30.1 Å². The number of nitrogens with zero attached hydrogens (tertiary/aromatic N) is 2. The molecule has 2 atom stereocenters. The van der Waals surface area contributed by atoms with Gasteiger partial charge in [0, 0.05) is 7.05 Å². The molecule has 7 heteroatoms. The van der Waals surface area contributed by atoms with Gasteiger partial charge < -0.3 is 19.7 Å². The molecule has 0 saturated carbocycles. The lowest BCUT2D eigenvalue weighted by molar-refractivity contribution is -0.151. The van der Waals surface area contributed by atoms with Gasteiger partial charge in [-0.3, -0.25) is 4.79 Å². The molecule has 1 aliphatic rings. The van der Waals surface area contributed by atoms with E-state index in [-0.39, 0.29) is 12.5 Å². The van der Waals surface area contributed by atoms with Crippen molar-refractivity contribution in [3.63, 3.8) is 0 Å². The summed E-state index contributed by atoms with van der Waals surface area (Å²) in [5.41, 5.74) is 1.87. The maximum Gasteiger partial charge on any atom is 0.332 e. The van der Waals surface area contributed by atoms with Gasteiger partial charge >= 0.3 is 5.97 Å². The second-order valence-corrected chi connectivity index (χ2v) is 5.32. The first-order chi connectivity index (χ1) is 10.6. The molecule has 2 heterocycles. The molecule has 0 spiro atoms. The number of aryl methyl sites for hydroxylation is 1. The highest BCUT2D eigenvalue weighted by molar-refractivity contribution is 5.82. The largest absolute Gasteiger partial charge is 0.479 e. The van der Waals surface area contributed by atoms with Crippen LogP contribution < -0.4 is 5.32 Å². The van der Waals surface area contributed by atoms with Crippen molar-refractivity contribution in [1.29, 1.82) is 0 Å². The quantitative estimate of drug-likeness (QED) is 0.872. The van der Waals surface area contributed by atoms with E-state index in [1.54, 1.807) is 0 Å². The van der Waals surface area contributed by atoms with E-state index in [1.165, 1.54) is 0 Å². The summed E-state index contributed by atoms with van der Waals surface area (Å²) in [4.78, 5) is 27.3. The fraction of sp³-hybridized carbons (Fsp3) is 0.400. The minimum atomic E-state index is -1.02. The molecule has 1 fully saturated rings. The Hall–Kier alpha value is -2.41. The zero-order chi connectivity index (χ0) is 15.7. The fourth-order valence-electron chi connectivity index (χ4n) is 2.65. The first-order valence-electron chi connectivity index (χ1n) is 7.12. The van der Waals surface area contributed by atoms with Crippen LogP contribution in [0.3, 0.4) is 0 Å². The summed E-state index contributed by atoms with van der Waals surface area (Å²) < 4.78 is 7.15. The number of carbonyl (C=O) groups excluding carboxylic acids is 1. The van der Waals surface area contributed by atoms with Crippen LogP contribution in [0.25, 0.3) is 11.0 Å². The molecular weight excluding hydrogens is 286 g/mol. The first-order valence-corrected chi connectivity index (χ1v) is 7.12. The van der Waals surface area contributed by atoms with Crippen LogP contribution in [-0.4, -0.2) is 38.7 Å². The molecule has 0 aliphatic carbocycles. The molecule has 1 aromatic carbocycles. The van der Waals surface area contributed by atoms with E-state index in [2.05, 4.69) is 10.3 Å². The molecule has 1 aliphatic heterocycles. The molecule has 2 aromatic rings. The number of hydrogen-bond donors (Lipinski definition) is 2. The number of imidazole rings is 1. The van der Waals surface area contributed by atoms with Crippen molar-refractivity contribution < 1.29 is 19.4 Å². The summed E-state index contributed by atoms with van der Waals surface area (Å²) >= 11 is 0. The van der Waals surface area contributed by atoms with E-state index >= 15 is 0 Å². The van der Waals surface area contributed by atoms with Gasteiger partial charge in [-0.15, -0.1) is 0 Å². The zero-order valence-corrected chi connectivity index (χ0v) is 12.2. The second kappa shape index (κ2) is 5.76. The zero-order valence-electron chi connectivity index (χ0n) is 12.2. The lowest BCUT2D eigenvalue weighted by Crippen LogP contribution is -2.35. The highest BCUT2D eigenvalue weighted by atomic mass is 16.5. The maximum absolute atomic E-state index is 12.0. The predicted molar refractivity (Wildman–Crippen MR) is 78.1 cm³/mol. The average molecular weight is 303 g/mol. The van der Waals surface area contributed by atoms with Gasteiger partial charge in [0.2, 0.25) is 5.91 Å². The van der Waals surface area contributed by atoms with Crippen LogP contribution in [0.15, 0.2) is 24.3 Å². The summed E-state index contributed by atoms with van der Waals surface area (Å²) in [6.07, 6.45) is -0.798. The number of benzene rings is 1. The minimum absolute atomic E-state index is 0.279. The van der Waals surface area contributed by atoms with Gasteiger partial charge in [-0.2, -0.15) is 0 Å². The summed E-state index contributed by atoms with van der Waals surface area (Å²) in [6.45, 7) is 0.279. The number of para-hydroxylation sites is 2. The van der Waals surface area contributed by atoms with Crippen molar-refractivity contribution >= 4 is 22.9 Å². The summed E-state index contributed by atoms with van der Waals surface area (Å²) in [7, 11) is 1.89. The molecule has 7 nitrogen and oxygen atoms in total. The van der Waals surface area contributed by atoms with E-state index in [9.17, 15) is 9.59 Å². The van der Waals surface area contributed by atoms with Crippen LogP contribution in [0.4, 0.5) is 0 Å². The van der Waals surface area contributed by atoms with E-state index in [4.69, 9.17) is 9.84 Å². The van der Waals surface area contributed by atoms with E-state index in [0.29, 0.717) is 12.8 Å². The number of fused-ring (bicyclic) bond motifs is 1. The fourth-order valence-corrected chi connectivity index (χ4v) is 2.65. The highest BCUT2D eigenvalue weighted by Crippen LogP contribution is 2.20. The van der Waals surface area contributed by atoms with Gasteiger partial charge in [0.15, 0.2) is 6.10 Å². The Bertz CT molecular complexity index is 725. The maximum atomic E-state index is 12.0. The molecule has 1 amide bonds. The summed E-state index contributed by atoms with van der Waals surface area (Å²) in [6, 6.07) is 7.73. The lowest BCUT2D eigenvalue weighted by atomic mass is 10.2. The van der Waals surface area contributed by atoms with Gasteiger partial charge in [-0.25, -0.2) is 9.78 Å². The van der Waals surface area contributed by atoms with Gasteiger partial charge in [0.05, 0.1) is 17.6 Å². The molecule has 2 N–H and O–H groups in total. The van der Waals surface area contributed by atoms with Crippen molar-refractivity contribution in [2.75, 3.05) is 0 Å². The number of aromatic nitrogens is 2. The Balaban J connectivity index is 1.63. The number of rotatable bonds is 4. The number of hydrogen-bond acceptors (Lipinski definition) is 4. The normalized spacial score (nSPS) is 21.1. The number of aliphatic carboxylic acids is 1. The third-order valence-corrected chi connectivity index (χ3v) is 3.89. The molecule has 116 valence electrons. The van der Waals surface area contributed by atoms with Crippen LogP contribution in [-0.2, 0) is 27.9 Å². The Morgan fingerprint density at radius 2 is 2.09 bits per heavy atom. The molecule has 0 bridgehead atoms. The molecule has 1 aromatic heterocycles. The molecular formula is C15H17N3O4. The average Bonchev–Trinajstić information content (AvgIpc) is 3.11. The van der Waals surface area contributed by atoms with Crippen LogP contribution in [0.1, 0.15) is 18.7 Å². The third kappa shape index (κ3) is 2.67. The minimum Gasteiger partial charge on any atom is -0.479 e. The predicted octanol–water partition coefficient (Wildman–Crippen LogP) is 0.822. The first kappa shape index (κ1) is 14.5.